The minimum Gasteiger partial charge on any atom is -0.359 e. The average Bonchev–Trinajstić information content (AvgIpc) is 2.97. The summed E-state index contributed by atoms with van der Waals surface area (Å²) >= 11 is 0. The Hall–Kier alpha value is -1.36. The molecule has 2 heterocycles. The molecule has 0 radical (unpaired) electrons. The number of likely N-dealkylation sites (tertiary alicyclic amines) is 1. The topological polar surface area (TPSA) is 55.3 Å². The molecule has 1 unspecified atom stereocenters. The predicted molar refractivity (Wildman–Crippen MR) is 90.8 cm³/mol. The summed E-state index contributed by atoms with van der Waals surface area (Å²) in [6.07, 6.45) is 2.36. The fraction of sp³-hybridized carbons (Fsp3) is 0.471. The van der Waals surface area contributed by atoms with E-state index in [2.05, 4.69) is 29.1 Å². The first-order valence-electron chi connectivity index (χ1n) is 7.71. The molecule has 2 aromatic rings. The maximum atomic E-state index is 5.99. The minimum absolute atomic E-state index is 0. The molecule has 0 bridgehead atoms. The van der Waals surface area contributed by atoms with E-state index in [0.29, 0.717) is 12.0 Å². The van der Waals surface area contributed by atoms with Gasteiger partial charge in [0.2, 0.25) is 0 Å². The highest BCUT2D eigenvalue weighted by Gasteiger charge is 2.22. The van der Waals surface area contributed by atoms with Crippen LogP contribution in [-0.2, 0) is 6.54 Å². The first-order valence-corrected chi connectivity index (χ1v) is 7.71. The summed E-state index contributed by atoms with van der Waals surface area (Å²) < 4.78 is 5.48. The maximum absolute atomic E-state index is 5.99. The molecule has 22 heavy (non-hydrogen) atoms. The summed E-state index contributed by atoms with van der Waals surface area (Å²) in [6.45, 7) is 5.13. The largest absolute Gasteiger partial charge is 0.359 e. The third-order valence-corrected chi connectivity index (χ3v) is 4.38. The van der Waals surface area contributed by atoms with Crippen molar-refractivity contribution in [2.75, 3.05) is 13.1 Å². The van der Waals surface area contributed by atoms with Crippen LogP contribution in [0.1, 0.15) is 25.5 Å². The predicted octanol–water partition coefficient (Wildman–Crippen LogP) is 3.32. The molecule has 5 heteroatoms. The Kier molecular flexibility index (Phi) is 6.00. The van der Waals surface area contributed by atoms with Crippen molar-refractivity contribution in [1.29, 1.82) is 0 Å². The van der Waals surface area contributed by atoms with Gasteiger partial charge in [-0.25, -0.2) is 0 Å². The Morgan fingerprint density at radius 1 is 1.27 bits per heavy atom. The van der Waals surface area contributed by atoms with Gasteiger partial charge in [0.25, 0.3) is 0 Å². The standard InChI is InChI=1S/C17H23N3O.ClH/c1-13(18)14-7-9-20(10-8-14)12-16-11-17(19-21-16)15-5-3-2-4-6-15;/h2-6,11,13-14H,7-10,12,18H2,1H3;1H. The molecule has 0 aliphatic carbocycles. The molecule has 0 saturated carbocycles. The molecule has 1 aliphatic rings. The van der Waals surface area contributed by atoms with Crippen molar-refractivity contribution in [3.05, 3.63) is 42.2 Å². The van der Waals surface area contributed by atoms with Gasteiger partial charge >= 0.3 is 0 Å². The highest BCUT2D eigenvalue weighted by molar-refractivity contribution is 5.85. The number of aromatic nitrogens is 1. The van der Waals surface area contributed by atoms with E-state index in [-0.39, 0.29) is 12.4 Å². The number of nitrogens with zero attached hydrogens (tertiary/aromatic N) is 2. The number of hydrogen-bond acceptors (Lipinski definition) is 4. The number of benzene rings is 1. The van der Waals surface area contributed by atoms with Gasteiger partial charge in [-0.2, -0.15) is 0 Å². The average molecular weight is 322 g/mol. The summed E-state index contributed by atoms with van der Waals surface area (Å²) in [6, 6.07) is 12.5. The van der Waals surface area contributed by atoms with Crippen LogP contribution in [0.15, 0.2) is 40.9 Å². The summed E-state index contributed by atoms with van der Waals surface area (Å²) in [7, 11) is 0. The lowest BCUT2D eigenvalue weighted by atomic mass is 9.91. The molecule has 1 aromatic carbocycles. The zero-order valence-electron chi connectivity index (χ0n) is 12.9. The van der Waals surface area contributed by atoms with Crippen LogP contribution in [0.5, 0.6) is 0 Å². The number of halogens is 1. The number of rotatable bonds is 4. The van der Waals surface area contributed by atoms with E-state index < -0.39 is 0 Å². The molecule has 0 amide bonds. The lowest BCUT2D eigenvalue weighted by molar-refractivity contribution is 0.152. The van der Waals surface area contributed by atoms with Crippen molar-refractivity contribution < 1.29 is 4.52 Å². The van der Waals surface area contributed by atoms with Crippen molar-refractivity contribution in [3.8, 4) is 11.3 Å². The minimum atomic E-state index is 0. The van der Waals surface area contributed by atoms with Gasteiger partial charge < -0.3 is 10.3 Å². The van der Waals surface area contributed by atoms with Crippen LogP contribution in [0.2, 0.25) is 0 Å². The Morgan fingerprint density at radius 2 is 1.95 bits per heavy atom. The van der Waals surface area contributed by atoms with Crippen LogP contribution in [0.4, 0.5) is 0 Å². The summed E-state index contributed by atoms with van der Waals surface area (Å²) in [5.74, 6) is 1.60. The Balaban J connectivity index is 0.00000176. The van der Waals surface area contributed by atoms with Gasteiger partial charge in [-0.05, 0) is 38.8 Å². The fourth-order valence-electron chi connectivity index (χ4n) is 2.99. The van der Waals surface area contributed by atoms with Crippen LogP contribution >= 0.6 is 12.4 Å². The third-order valence-electron chi connectivity index (χ3n) is 4.38. The Labute approximate surface area is 138 Å². The van der Waals surface area contributed by atoms with Crippen molar-refractivity contribution >= 4 is 12.4 Å². The molecule has 0 spiro atoms. The molecule has 1 aliphatic heterocycles. The van der Waals surface area contributed by atoms with Gasteiger partial charge in [0.1, 0.15) is 5.69 Å². The van der Waals surface area contributed by atoms with Gasteiger partial charge in [0.05, 0.1) is 6.54 Å². The molecule has 1 atom stereocenters. The second-order valence-electron chi connectivity index (χ2n) is 6.02. The van der Waals surface area contributed by atoms with Crippen LogP contribution in [0.25, 0.3) is 11.3 Å². The number of nitrogens with two attached hydrogens (primary N) is 1. The molecule has 1 fully saturated rings. The van der Waals surface area contributed by atoms with Crippen molar-refractivity contribution in [2.45, 2.75) is 32.4 Å². The smallest absolute Gasteiger partial charge is 0.151 e. The summed E-state index contributed by atoms with van der Waals surface area (Å²) in [5, 5.41) is 4.17. The molecular formula is C17H24ClN3O. The van der Waals surface area contributed by atoms with E-state index in [1.165, 1.54) is 12.8 Å². The third kappa shape index (κ3) is 4.09. The van der Waals surface area contributed by atoms with Gasteiger partial charge in [0.15, 0.2) is 5.76 Å². The van der Waals surface area contributed by atoms with E-state index in [4.69, 9.17) is 10.3 Å². The summed E-state index contributed by atoms with van der Waals surface area (Å²) in [4.78, 5) is 2.42. The Morgan fingerprint density at radius 3 is 2.59 bits per heavy atom. The van der Waals surface area contributed by atoms with E-state index in [1.807, 2.05) is 24.3 Å². The second-order valence-corrected chi connectivity index (χ2v) is 6.02. The van der Waals surface area contributed by atoms with Crippen molar-refractivity contribution in [2.24, 2.45) is 11.7 Å². The van der Waals surface area contributed by atoms with Gasteiger partial charge in [-0.3, -0.25) is 4.90 Å². The monoisotopic (exact) mass is 321 g/mol. The Bertz CT molecular complexity index is 562. The zero-order valence-corrected chi connectivity index (χ0v) is 13.8. The second kappa shape index (κ2) is 7.77. The van der Waals surface area contributed by atoms with E-state index >= 15 is 0 Å². The lowest BCUT2D eigenvalue weighted by Crippen LogP contribution is -2.39. The van der Waals surface area contributed by atoms with E-state index in [1.54, 1.807) is 0 Å². The maximum Gasteiger partial charge on any atom is 0.151 e. The zero-order chi connectivity index (χ0) is 14.7. The van der Waals surface area contributed by atoms with Crippen LogP contribution in [0, 0.1) is 5.92 Å². The number of piperidine rings is 1. The van der Waals surface area contributed by atoms with Gasteiger partial charge in [-0.1, -0.05) is 35.5 Å². The molecule has 4 nitrogen and oxygen atoms in total. The SMILES string of the molecule is CC(N)C1CCN(Cc2cc(-c3ccccc3)no2)CC1.Cl. The van der Waals surface area contributed by atoms with Crippen LogP contribution < -0.4 is 5.73 Å². The first-order chi connectivity index (χ1) is 10.2. The molecule has 120 valence electrons. The fourth-order valence-corrected chi connectivity index (χ4v) is 2.99. The molecular weight excluding hydrogens is 298 g/mol. The van der Waals surface area contributed by atoms with Crippen molar-refractivity contribution in [3.63, 3.8) is 0 Å². The van der Waals surface area contributed by atoms with Gasteiger partial charge in [0, 0.05) is 17.7 Å². The quantitative estimate of drug-likeness (QED) is 0.938. The van der Waals surface area contributed by atoms with E-state index in [0.717, 1.165) is 36.7 Å². The molecule has 1 saturated heterocycles. The van der Waals surface area contributed by atoms with E-state index in [9.17, 15) is 0 Å². The summed E-state index contributed by atoms with van der Waals surface area (Å²) in [5.41, 5.74) is 8.00. The molecule has 2 N–H and O–H groups in total. The highest BCUT2D eigenvalue weighted by Crippen LogP contribution is 2.23. The molecule has 3 rings (SSSR count). The van der Waals surface area contributed by atoms with Crippen LogP contribution in [-0.4, -0.2) is 29.2 Å². The normalized spacial score (nSPS) is 17.9. The highest BCUT2D eigenvalue weighted by atomic mass is 35.5. The number of hydrogen-bond donors (Lipinski definition) is 1. The first kappa shape index (κ1) is 17.0. The molecule has 1 aromatic heterocycles. The lowest BCUT2D eigenvalue weighted by Gasteiger charge is -2.32. The van der Waals surface area contributed by atoms with Crippen LogP contribution in [0.3, 0.4) is 0 Å². The van der Waals surface area contributed by atoms with Crippen molar-refractivity contribution in [1.82, 2.24) is 10.1 Å². The van der Waals surface area contributed by atoms with Gasteiger partial charge in [-0.15, -0.1) is 12.4 Å².